The summed E-state index contributed by atoms with van der Waals surface area (Å²) in [5, 5.41) is 5.38. The van der Waals surface area contributed by atoms with E-state index in [1.165, 1.54) is 11.3 Å². The van der Waals surface area contributed by atoms with Gasteiger partial charge in [0.25, 0.3) is 5.91 Å². The van der Waals surface area contributed by atoms with Gasteiger partial charge in [-0.1, -0.05) is 17.7 Å². The van der Waals surface area contributed by atoms with E-state index in [0.29, 0.717) is 10.7 Å². The van der Waals surface area contributed by atoms with E-state index in [1.807, 2.05) is 44.4 Å². The van der Waals surface area contributed by atoms with Crippen LogP contribution in [0, 0.1) is 20.8 Å². The molecule has 0 aliphatic carbocycles. The van der Waals surface area contributed by atoms with Gasteiger partial charge in [0.2, 0.25) is 0 Å². The van der Waals surface area contributed by atoms with Crippen molar-refractivity contribution in [1.29, 1.82) is 0 Å². The molecule has 0 fully saturated rings. The number of amides is 1. The summed E-state index contributed by atoms with van der Waals surface area (Å²) < 4.78 is 0. The average Bonchev–Trinajstić information content (AvgIpc) is 2.69. The van der Waals surface area contributed by atoms with E-state index in [9.17, 15) is 4.79 Å². The summed E-state index contributed by atoms with van der Waals surface area (Å²) in [6, 6.07) is 5.79. The molecule has 18 heavy (non-hydrogen) atoms. The van der Waals surface area contributed by atoms with E-state index in [0.717, 1.165) is 21.6 Å². The fourth-order valence-electron chi connectivity index (χ4n) is 1.85. The van der Waals surface area contributed by atoms with Gasteiger partial charge in [0.1, 0.15) is 0 Å². The molecule has 0 radical (unpaired) electrons. The first kappa shape index (κ1) is 13.1. The van der Waals surface area contributed by atoms with Crippen molar-refractivity contribution in [2.45, 2.75) is 20.8 Å². The van der Waals surface area contributed by atoms with E-state index in [4.69, 9.17) is 11.6 Å². The molecule has 2 rings (SSSR count). The van der Waals surface area contributed by atoms with Crippen molar-refractivity contribution in [3.63, 3.8) is 0 Å². The predicted molar refractivity (Wildman–Crippen MR) is 77.9 cm³/mol. The van der Waals surface area contributed by atoms with Crippen molar-refractivity contribution in [3.8, 4) is 0 Å². The maximum absolute atomic E-state index is 12.1. The molecule has 1 N–H and O–H groups in total. The summed E-state index contributed by atoms with van der Waals surface area (Å²) in [4.78, 5) is 12.9. The first-order valence-electron chi connectivity index (χ1n) is 5.61. The Balaban J connectivity index is 2.31. The molecular formula is C14H14ClNOS. The Labute approximate surface area is 116 Å². The Kier molecular flexibility index (Phi) is 3.73. The Hall–Kier alpha value is -1.32. The fraction of sp³-hybridized carbons (Fsp3) is 0.214. The Morgan fingerprint density at radius 2 is 1.94 bits per heavy atom. The number of carbonyl (C=O) groups is 1. The van der Waals surface area contributed by atoms with E-state index >= 15 is 0 Å². The highest BCUT2D eigenvalue weighted by atomic mass is 35.5. The average molecular weight is 280 g/mol. The summed E-state index contributed by atoms with van der Waals surface area (Å²) in [7, 11) is 0. The third kappa shape index (κ3) is 2.57. The smallest absolute Gasteiger partial charge is 0.266 e. The van der Waals surface area contributed by atoms with Gasteiger partial charge < -0.3 is 5.32 Å². The van der Waals surface area contributed by atoms with Crippen LogP contribution in [0.25, 0.3) is 0 Å². The monoisotopic (exact) mass is 279 g/mol. The predicted octanol–water partition coefficient (Wildman–Crippen LogP) is 4.58. The summed E-state index contributed by atoms with van der Waals surface area (Å²) in [5.41, 5.74) is 3.74. The lowest BCUT2D eigenvalue weighted by atomic mass is 10.1. The summed E-state index contributed by atoms with van der Waals surface area (Å²) in [6.45, 7) is 5.85. The van der Waals surface area contributed by atoms with Gasteiger partial charge in [0.05, 0.1) is 15.6 Å². The highest BCUT2D eigenvalue weighted by molar-refractivity contribution is 7.12. The molecule has 1 aromatic carbocycles. The summed E-state index contributed by atoms with van der Waals surface area (Å²) in [6.07, 6.45) is 0. The maximum Gasteiger partial charge on any atom is 0.266 e. The van der Waals surface area contributed by atoms with Crippen molar-refractivity contribution >= 4 is 34.5 Å². The lowest BCUT2D eigenvalue weighted by Crippen LogP contribution is -2.12. The van der Waals surface area contributed by atoms with Crippen molar-refractivity contribution in [2.75, 3.05) is 5.32 Å². The molecule has 0 saturated carbocycles. The normalized spacial score (nSPS) is 10.4. The van der Waals surface area contributed by atoms with E-state index in [1.54, 1.807) is 0 Å². The molecule has 0 aliphatic rings. The molecule has 0 spiro atoms. The van der Waals surface area contributed by atoms with Crippen molar-refractivity contribution < 1.29 is 4.79 Å². The van der Waals surface area contributed by atoms with Crippen molar-refractivity contribution in [1.82, 2.24) is 0 Å². The van der Waals surface area contributed by atoms with Crippen LogP contribution in [-0.4, -0.2) is 5.91 Å². The molecule has 2 nitrogen and oxygen atoms in total. The zero-order valence-electron chi connectivity index (χ0n) is 10.5. The molecule has 4 heteroatoms. The summed E-state index contributed by atoms with van der Waals surface area (Å²) in [5.74, 6) is -0.101. The molecule has 0 atom stereocenters. The van der Waals surface area contributed by atoms with Crippen LogP contribution in [0.15, 0.2) is 23.6 Å². The number of aryl methyl sites for hydroxylation is 3. The van der Waals surface area contributed by atoms with Crippen molar-refractivity contribution in [3.05, 3.63) is 50.2 Å². The van der Waals surface area contributed by atoms with Crippen LogP contribution < -0.4 is 5.32 Å². The highest BCUT2D eigenvalue weighted by Gasteiger charge is 2.14. The van der Waals surface area contributed by atoms with Gasteiger partial charge in [-0.15, -0.1) is 11.3 Å². The quantitative estimate of drug-likeness (QED) is 0.857. The SMILES string of the molecule is Cc1cc(C)c(NC(=O)c2sccc2C)c(Cl)c1. The number of carbonyl (C=O) groups excluding carboxylic acids is 1. The number of rotatable bonds is 2. The molecule has 2 aromatic rings. The van der Waals surface area contributed by atoms with E-state index < -0.39 is 0 Å². The first-order valence-corrected chi connectivity index (χ1v) is 6.87. The minimum atomic E-state index is -0.101. The Bertz CT molecular complexity index is 581. The van der Waals surface area contributed by atoms with Gasteiger partial charge in [-0.2, -0.15) is 0 Å². The third-order valence-corrected chi connectivity index (χ3v) is 4.05. The van der Waals surface area contributed by atoms with Crippen molar-refractivity contribution in [2.24, 2.45) is 0 Å². The number of nitrogens with one attached hydrogen (secondary N) is 1. The number of benzene rings is 1. The molecule has 0 saturated heterocycles. The van der Waals surface area contributed by atoms with Crippen LogP contribution in [0.4, 0.5) is 5.69 Å². The minimum absolute atomic E-state index is 0.101. The van der Waals surface area contributed by atoms with Gasteiger partial charge >= 0.3 is 0 Å². The van der Waals surface area contributed by atoms with Gasteiger partial charge in [0.15, 0.2) is 0 Å². The zero-order chi connectivity index (χ0) is 13.3. The second kappa shape index (κ2) is 5.12. The molecule has 1 heterocycles. The van der Waals surface area contributed by atoms with Crippen LogP contribution in [0.5, 0.6) is 0 Å². The van der Waals surface area contributed by atoms with Crippen LogP contribution in [0.3, 0.4) is 0 Å². The number of thiophene rings is 1. The van der Waals surface area contributed by atoms with E-state index in [2.05, 4.69) is 5.32 Å². The minimum Gasteiger partial charge on any atom is -0.320 e. The Morgan fingerprint density at radius 3 is 2.50 bits per heavy atom. The number of hydrogen-bond donors (Lipinski definition) is 1. The van der Waals surface area contributed by atoms with Gasteiger partial charge in [-0.05, 0) is 55.0 Å². The highest BCUT2D eigenvalue weighted by Crippen LogP contribution is 2.28. The molecule has 0 unspecified atom stereocenters. The van der Waals surface area contributed by atoms with Gasteiger partial charge in [-0.3, -0.25) is 4.79 Å². The standard InChI is InChI=1S/C14H14ClNOS/c1-8-6-10(3)12(11(15)7-8)16-14(17)13-9(2)4-5-18-13/h4-7H,1-3H3,(H,16,17). The number of anilines is 1. The first-order chi connectivity index (χ1) is 8.49. The zero-order valence-corrected chi connectivity index (χ0v) is 12.1. The molecular weight excluding hydrogens is 266 g/mol. The van der Waals surface area contributed by atoms with Crippen LogP contribution >= 0.6 is 22.9 Å². The lowest BCUT2D eigenvalue weighted by molar-refractivity contribution is 0.103. The maximum atomic E-state index is 12.1. The van der Waals surface area contributed by atoms with E-state index in [-0.39, 0.29) is 5.91 Å². The largest absolute Gasteiger partial charge is 0.320 e. The van der Waals surface area contributed by atoms with Crippen LogP contribution in [-0.2, 0) is 0 Å². The molecule has 94 valence electrons. The fourth-order valence-corrected chi connectivity index (χ4v) is 3.04. The van der Waals surface area contributed by atoms with Crippen LogP contribution in [0.1, 0.15) is 26.4 Å². The molecule has 0 bridgehead atoms. The van der Waals surface area contributed by atoms with Crippen LogP contribution in [0.2, 0.25) is 5.02 Å². The second-order valence-corrected chi connectivity index (χ2v) is 5.65. The summed E-state index contributed by atoms with van der Waals surface area (Å²) >= 11 is 7.61. The van der Waals surface area contributed by atoms with Gasteiger partial charge in [0, 0.05) is 0 Å². The molecule has 1 aromatic heterocycles. The number of hydrogen-bond acceptors (Lipinski definition) is 2. The van der Waals surface area contributed by atoms with Gasteiger partial charge in [-0.25, -0.2) is 0 Å². The molecule has 1 amide bonds. The second-order valence-electron chi connectivity index (χ2n) is 4.33. The molecule has 0 aliphatic heterocycles. The third-order valence-electron chi connectivity index (χ3n) is 2.74. The Morgan fingerprint density at radius 1 is 1.22 bits per heavy atom. The topological polar surface area (TPSA) is 29.1 Å². The number of halogens is 1. The lowest BCUT2D eigenvalue weighted by Gasteiger charge is -2.11.